The number of anilines is 1. The van der Waals surface area contributed by atoms with Gasteiger partial charge in [-0.25, -0.2) is 4.39 Å². The van der Waals surface area contributed by atoms with Gasteiger partial charge >= 0.3 is 0 Å². The molecule has 0 bridgehead atoms. The Morgan fingerprint density at radius 3 is 2.70 bits per heavy atom. The Morgan fingerprint density at radius 2 is 1.97 bits per heavy atom. The molecule has 168 valence electrons. The van der Waals surface area contributed by atoms with E-state index in [-0.39, 0.29) is 17.9 Å². The second kappa shape index (κ2) is 8.65. The number of amides is 2. The molecule has 0 aliphatic carbocycles. The highest BCUT2D eigenvalue weighted by Crippen LogP contribution is 2.28. The third kappa shape index (κ3) is 4.64. The summed E-state index contributed by atoms with van der Waals surface area (Å²) in [6.07, 6.45) is 1.82. The Balaban J connectivity index is 1.67. The lowest BCUT2D eigenvalue weighted by molar-refractivity contribution is -0.384. The molecule has 10 heteroatoms. The average molecular weight is 449 g/mol. The summed E-state index contributed by atoms with van der Waals surface area (Å²) in [5, 5.41) is 17.8. The zero-order chi connectivity index (χ0) is 23.7. The van der Waals surface area contributed by atoms with Gasteiger partial charge in [0.15, 0.2) is 0 Å². The number of aryl methyl sites for hydroxylation is 1. The van der Waals surface area contributed by atoms with E-state index in [1.807, 2.05) is 0 Å². The third-order valence-electron chi connectivity index (χ3n) is 5.24. The second-order valence-corrected chi connectivity index (χ2v) is 7.72. The molecular formula is C23H20FN5O4. The molecule has 0 saturated carbocycles. The van der Waals surface area contributed by atoms with E-state index in [0.29, 0.717) is 27.8 Å². The Bertz CT molecular complexity index is 1420. The van der Waals surface area contributed by atoms with Crippen molar-refractivity contribution in [3.8, 4) is 0 Å². The van der Waals surface area contributed by atoms with Gasteiger partial charge in [-0.2, -0.15) is 0 Å². The number of fused-ring (bicyclic) bond motifs is 2. The number of hydrogen-bond donors (Lipinski definition) is 3. The van der Waals surface area contributed by atoms with Crippen LogP contribution in [0.4, 0.5) is 15.8 Å². The molecule has 1 atom stereocenters. The monoisotopic (exact) mass is 449 g/mol. The van der Waals surface area contributed by atoms with Crippen LogP contribution in [0.1, 0.15) is 18.2 Å². The number of halogens is 1. The van der Waals surface area contributed by atoms with Crippen molar-refractivity contribution in [1.82, 2.24) is 15.3 Å². The second-order valence-electron chi connectivity index (χ2n) is 7.72. The lowest BCUT2D eigenvalue weighted by Gasteiger charge is -2.18. The maximum Gasteiger partial charge on any atom is 0.270 e. The number of carbonyl (C=O) groups excluding carboxylic acids is 2. The summed E-state index contributed by atoms with van der Waals surface area (Å²) in [5.74, 6) is -1.28. The van der Waals surface area contributed by atoms with Crippen molar-refractivity contribution in [2.24, 2.45) is 0 Å². The maximum absolute atomic E-state index is 13.5. The molecule has 9 nitrogen and oxygen atoms in total. The van der Waals surface area contributed by atoms with E-state index >= 15 is 0 Å². The van der Waals surface area contributed by atoms with Gasteiger partial charge in [-0.15, -0.1) is 0 Å². The fraction of sp³-hybridized carbons (Fsp3) is 0.174. The van der Waals surface area contributed by atoms with Crippen LogP contribution in [0.5, 0.6) is 0 Å². The zero-order valence-electron chi connectivity index (χ0n) is 17.8. The Hall–Kier alpha value is -4.34. The number of nitrogens with zero attached hydrogens (tertiary/aromatic N) is 2. The average Bonchev–Trinajstić information content (AvgIpc) is 3.14. The highest BCUT2D eigenvalue weighted by atomic mass is 19.1. The van der Waals surface area contributed by atoms with Gasteiger partial charge in [0.2, 0.25) is 11.8 Å². The van der Waals surface area contributed by atoms with Gasteiger partial charge in [0.05, 0.1) is 16.1 Å². The SMILES string of the molecule is CC(=O)NC(Cc1c[nH]c2cc(F)ccc12)C(=O)Nc1cc(C)nc2ccc([N+](=O)[O-])cc12. The van der Waals surface area contributed by atoms with Crippen molar-refractivity contribution in [1.29, 1.82) is 0 Å². The number of aromatic nitrogens is 2. The first kappa shape index (κ1) is 21.9. The molecule has 2 heterocycles. The maximum atomic E-state index is 13.5. The number of nitro groups is 1. The minimum absolute atomic E-state index is 0.131. The molecule has 0 radical (unpaired) electrons. The number of nitrogens with one attached hydrogen (secondary N) is 3. The summed E-state index contributed by atoms with van der Waals surface area (Å²) < 4.78 is 13.5. The summed E-state index contributed by atoms with van der Waals surface area (Å²) in [6, 6.07) is 9.18. The van der Waals surface area contributed by atoms with Gasteiger partial charge in [-0.1, -0.05) is 0 Å². The van der Waals surface area contributed by atoms with Gasteiger partial charge in [0, 0.05) is 53.7 Å². The van der Waals surface area contributed by atoms with Crippen molar-refractivity contribution in [2.75, 3.05) is 5.32 Å². The van der Waals surface area contributed by atoms with Crippen LogP contribution in [-0.2, 0) is 16.0 Å². The number of benzene rings is 2. The summed E-state index contributed by atoms with van der Waals surface area (Å²) in [4.78, 5) is 43.0. The van der Waals surface area contributed by atoms with E-state index < -0.39 is 22.8 Å². The van der Waals surface area contributed by atoms with E-state index in [2.05, 4.69) is 20.6 Å². The van der Waals surface area contributed by atoms with Crippen LogP contribution >= 0.6 is 0 Å². The third-order valence-corrected chi connectivity index (χ3v) is 5.24. The first-order valence-corrected chi connectivity index (χ1v) is 10.1. The number of hydrogen-bond acceptors (Lipinski definition) is 5. The van der Waals surface area contributed by atoms with Gasteiger partial charge in [-0.05, 0) is 42.8 Å². The van der Waals surface area contributed by atoms with Crippen molar-refractivity contribution in [3.05, 3.63) is 75.9 Å². The molecule has 0 aliphatic heterocycles. The van der Waals surface area contributed by atoms with Crippen LogP contribution in [0.25, 0.3) is 21.8 Å². The molecule has 0 aliphatic rings. The Labute approximate surface area is 187 Å². The molecule has 33 heavy (non-hydrogen) atoms. The Kier molecular flexibility index (Phi) is 5.74. The van der Waals surface area contributed by atoms with E-state index in [1.54, 1.807) is 25.3 Å². The van der Waals surface area contributed by atoms with Crippen molar-refractivity contribution in [2.45, 2.75) is 26.3 Å². The van der Waals surface area contributed by atoms with Crippen LogP contribution in [0.15, 0.2) is 48.7 Å². The van der Waals surface area contributed by atoms with Gasteiger partial charge in [-0.3, -0.25) is 24.7 Å². The van der Waals surface area contributed by atoms with E-state index in [0.717, 1.165) is 10.9 Å². The molecular weight excluding hydrogens is 429 g/mol. The van der Waals surface area contributed by atoms with E-state index in [1.165, 1.54) is 37.3 Å². The zero-order valence-corrected chi connectivity index (χ0v) is 17.8. The molecule has 2 amide bonds. The molecule has 4 rings (SSSR count). The molecule has 0 fully saturated rings. The minimum atomic E-state index is -0.936. The van der Waals surface area contributed by atoms with Gasteiger partial charge in [0.1, 0.15) is 11.9 Å². The predicted molar refractivity (Wildman–Crippen MR) is 121 cm³/mol. The molecule has 3 N–H and O–H groups in total. The summed E-state index contributed by atoms with van der Waals surface area (Å²) in [7, 11) is 0. The standard InChI is InChI=1S/C23H20FN5O4/c1-12-7-21(18-10-16(29(32)33)4-6-19(18)26-12)28-23(31)22(27-13(2)30)8-14-11-25-20-9-15(24)3-5-17(14)20/h3-7,9-11,22,25H,8H2,1-2H3,(H,27,30)(H,26,28,31). The number of nitro benzene ring substituents is 1. The smallest absolute Gasteiger partial charge is 0.270 e. The quantitative estimate of drug-likeness (QED) is 0.305. The lowest BCUT2D eigenvalue weighted by Crippen LogP contribution is -2.44. The number of carbonyl (C=O) groups is 2. The van der Waals surface area contributed by atoms with Crippen molar-refractivity contribution >= 4 is 45.0 Å². The first-order chi connectivity index (χ1) is 15.7. The number of non-ortho nitro benzene ring substituents is 1. The fourth-order valence-corrected chi connectivity index (χ4v) is 3.78. The molecule has 2 aromatic carbocycles. The van der Waals surface area contributed by atoms with Crippen LogP contribution in [0, 0.1) is 22.9 Å². The summed E-state index contributed by atoms with van der Waals surface area (Å²) >= 11 is 0. The number of H-pyrrole nitrogens is 1. The lowest BCUT2D eigenvalue weighted by atomic mass is 10.0. The number of aromatic amines is 1. The molecule has 0 spiro atoms. The topological polar surface area (TPSA) is 130 Å². The molecule has 2 aromatic heterocycles. The minimum Gasteiger partial charge on any atom is -0.361 e. The number of rotatable bonds is 6. The normalized spacial score (nSPS) is 12.0. The highest BCUT2D eigenvalue weighted by molar-refractivity contribution is 6.04. The predicted octanol–water partition coefficient (Wildman–Crippen LogP) is 3.76. The molecule has 1 unspecified atom stereocenters. The van der Waals surface area contributed by atoms with E-state index in [4.69, 9.17) is 0 Å². The number of pyridine rings is 1. The summed E-state index contributed by atoms with van der Waals surface area (Å²) in [6.45, 7) is 3.05. The molecule has 0 saturated heterocycles. The van der Waals surface area contributed by atoms with Gasteiger partial charge in [0.25, 0.3) is 5.69 Å². The van der Waals surface area contributed by atoms with Crippen molar-refractivity contribution in [3.63, 3.8) is 0 Å². The Morgan fingerprint density at radius 1 is 1.18 bits per heavy atom. The van der Waals surface area contributed by atoms with Crippen LogP contribution < -0.4 is 10.6 Å². The largest absolute Gasteiger partial charge is 0.361 e. The summed E-state index contributed by atoms with van der Waals surface area (Å²) in [5.41, 5.74) is 2.63. The molecule has 4 aromatic rings. The van der Waals surface area contributed by atoms with Crippen LogP contribution in [0.2, 0.25) is 0 Å². The van der Waals surface area contributed by atoms with Gasteiger partial charge < -0.3 is 15.6 Å². The van der Waals surface area contributed by atoms with Crippen molar-refractivity contribution < 1.29 is 18.9 Å². The first-order valence-electron chi connectivity index (χ1n) is 10.1. The van der Waals surface area contributed by atoms with E-state index in [9.17, 15) is 24.1 Å². The fourth-order valence-electron chi connectivity index (χ4n) is 3.78. The van der Waals surface area contributed by atoms with Crippen LogP contribution in [0.3, 0.4) is 0 Å². The highest BCUT2D eigenvalue weighted by Gasteiger charge is 2.23. The van der Waals surface area contributed by atoms with Crippen LogP contribution in [-0.4, -0.2) is 32.7 Å².